The van der Waals surface area contributed by atoms with E-state index in [2.05, 4.69) is 23.6 Å². The number of carbonyl (C=O) groups is 1. The molecule has 3 aliphatic rings. The molecule has 3 heteroatoms. The molecule has 0 N–H and O–H groups in total. The van der Waals surface area contributed by atoms with Gasteiger partial charge in [-0.25, -0.2) is 0 Å². The molecular weight excluding hydrogens is 284 g/mol. The molecule has 3 fully saturated rings. The van der Waals surface area contributed by atoms with E-state index in [9.17, 15) is 4.79 Å². The van der Waals surface area contributed by atoms with Gasteiger partial charge in [0, 0.05) is 25.6 Å². The van der Waals surface area contributed by atoms with Gasteiger partial charge in [0.25, 0.3) is 0 Å². The standard InChI is InChI=1S/C20H36N2O/c1-20(2)10-6-17(7-11-20)16-21-14-8-18(9-15-21)19(23)22-12-4-3-5-13-22/h17-18H,3-16H2,1-2H3. The maximum atomic E-state index is 12.6. The third kappa shape index (κ3) is 4.71. The van der Waals surface area contributed by atoms with Gasteiger partial charge in [-0.2, -0.15) is 0 Å². The van der Waals surface area contributed by atoms with Gasteiger partial charge >= 0.3 is 0 Å². The second kappa shape index (κ2) is 7.55. The quantitative estimate of drug-likeness (QED) is 0.786. The number of piperidine rings is 2. The summed E-state index contributed by atoms with van der Waals surface area (Å²) in [5.74, 6) is 1.68. The molecule has 1 aliphatic carbocycles. The van der Waals surface area contributed by atoms with Crippen molar-refractivity contribution in [1.29, 1.82) is 0 Å². The van der Waals surface area contributed by atoms with Gasteiger partial charge in [-0.15, -0.1) is 0 Å². The predicted molar refractivity (Wildman–Crippen MR) is 95.3 cm³/mol. The highest BCUT2D eigenvalue weighted by atomic mass is 16.2. The highest BCUT2D eigenvalue weighted by Crippen LogP contribution is 2.38. The lowest BCUT2D eigenvalue weighted by Crippen LogP contribution is -2.45. The van der Waals surface area contributed by atoms with Gasteiger partial charge in [-0.1, -0.05) is 13.8 Å². The zero-order valence-corrected chi connectivity index (χ0v) is 15.4. The molecular formula is C20H36N2O. The summed E-state index contributed by atoms with van der Waals surface area (Å²) in [6.45, 7) is 10.4. The Bertz CT molecular complexity index is 382. The molecule has 0 radical (unpaired) electrons. The molecule has 3 nitrogen and oxygen atoms in total. The van der Waals surface area contributed by atoms with E-state index in [4.69, 9.17) is 0 Å². The minimum absolute atomic E-state index is 0.314. The van der Waals surface area contributed by atoms with E-state index >= 15 is 0 Å². The minimum atomic E-state index is 0.314. The Morgan fingerprint density at radius 1 is 0.913 bits per heavy atom. The molecule has 0 unspecified atom stereocenters. The highest BCUT2D eigenvalue weighted by molar-refractivity contribution is 5.79. The van der Waals surface area contributed by atoms with E-state index in [-0.39, 0.29) is 0 Å². The monoisotopic (exact) mass is 320 g/mol. The molecule has 23 heavy (non-hydrogen) atoms. The van der Waals surface area contributed by atoms with Gasteiger partial charge in [0.15, 0.2) is 0 Å². The molecule has 2 saturated heterocycles. The van der Waals surface area contributed by atoms with Crippen molar-refractivity contribution in [2.24, 2.45) is 17.3 Å². The van der Waals surface area contributed by atoms with Crippen LogP contribution in [-0.4, -0.2) is 48.4 Å². The maximum Gasteiger partial charge on any atom is 0.225 e. The number of carbonyl (C=O) groups excluding carboxylic acids is 1. The lowest BCUT2D eigenvalue weighted by Gasteiger charge is -2.39. The third-order valence-electron chi connectivity index (χ3n) is 6.58. The fourth-order valence-electron chi connectivity index (χ4n) is 4.74. The van der Waals surface area contributed by atoms with E-state index in [1.165, 1.54) is 51.5 Å². The molecule has 0 bridgehead atoms. The highest BCUT2D eigenvalue weighted by Gasteiger charge is 2.31. The Balaban J connectivity index is 1.39. The fraction of sp³-hybridized carbons (Fsp3) is 0.950. The molecule has 132 valence electrons. The third-order valence-corrected chi connectivity index (χ3v) is 6.58. The van der Waals surface area contributed by atoms with E-state index in [1.807, 2.05) is 0 Å². The number of hydrogen-bond donors (Lipinski definition) is 0. The van der Waals surface area contributed by atoms with Gasteiger partial charge < -0.3 is 9.80 Å². The molecule has 2 aliphatic heterocycles. The first-order valence-corrected chi connectivity index (χ1v) is 10.0. The molecule has 0 atom stereocenters. The van der Waals surface area contributed by atoms with Crippen LogP contribution in [0.4, 0.5) is 0 Å². The van der Waals surface area contributed by atoms with Crippen LogP contribution in [0.5, 0.6) is 0 Å². The van der Waals surface area contributed by atoms with Crippen molar-refractivity contribution in [2.75, 3.05) is 32.7 Å². The Morgan fingerprint density at radius 2 is 1.52 bits per heavy atom. The second-order valence-corrected chi connectivity index (χ2v) is 9.07. The van der Waals surface area contributed by atoms with Crippen LogP contribution in [-0.2, 0) is 4.79 Å². The van der Waals surface area contributed by atoms with E-state index in [1.54, 1.807) is 0 Å². The lowest BCUT2D eigenvalue weighted by molar-refractivity contribution is -0.138. The van der Waals surface area contributed by atoms with Crippen LogP contribution in [0.25, 0.3) is 0 Å². The van der Waals surface area contributed by atoms with Crippen molar-refractivity contribution in [2.45, 2.75) is 71.6 Å². The van der Waals surface area contributed by atoms with Crippen LogP contribution < -0.4 is 0 Å². The summed E-state index contributed by atoms with van der Waals surface area (Å²) < 4.78 is 0. The van der Waals surface area contributed by atoms with Crippen molar-refractivity contribution in [3.8, 4) is 0 Å². The second-order valence-electron chi connectivity index (χ2n) is 9.07. The summed E-state index contributed by atoms with van der Waals surface area (Å²) in [6.07, 6.45) is 11.5. The first kappa shape index (κ1) is 17.3. The Labute approximate surface area is 142 Å². The fourth-order valence-corrected chi connectivity index (χ4v) is 4.74. The number of hydrogen-bond acceptors (Lipinski definition) is 2. The Kier molecular flexibility index (Phi) is 5.66. The molecule has 1 amide bonds. The van der Waals surface area contributed by atoms with Gasteiger partial charge in [0.05, 0.1) is 0 Å². The van der Waals surface area contributed by atoms with Gasteiger partial charge in [0.1, 0.15) is 0 Å². The molecule has 0 aromatic heterocycles. The van der Waals surface area contributed by atoms with Crippen LogP contribution in [0.3, 0.4) is 0 Å². The average molecular weight is 321 g/mol. The van der Waals surface area contributed by atoms with Gasteiger partial charge in [0.2, 0.25) is 5.91 Å². The van der Waals surface area contributed by atoms with Crippen LogP contribution in [0.15, 0.2) is 0 Å². The van der Waals surface area contributed by atoms with Crippen molar-refractivity contribution < 1.29 is 4.79 Å². The van der Waals surface area contributed by atoms with Crippen LogP contribution >= 0.6 is 0 Å². The van der Waals surface area contributed by atoms with E-state index < -0.39 is 0 Å². The van der Waals surface area contributed by atoms with E-state index in [0.29, 0.717) is 17.2 Å². The van der Waals surface area contributed by atoms with Crippen molar-refractivity contribution in [3.63, 3.8) is 0 Å². The summed E-state index contributed by atoms with van der Waals surface area (Å²) in [4.78, 5) is 17.4. The number of likely N-dealkylation sites (tertiary alicyclic amines) is 2. The van der Waals surface area contributed by atoms with Gasteiger partial charge in [-0.3, -0.25) is 4.79 Å². The van der Waals surface area contributed by atoms with Crippen LogP contribution in [0, 0.1) is 17.3 Å². The number of rotatable bonds is 3. The van der Waals surface area contributed by atoms with Crippen molar-refractivity contribution in [3.05, 3.63) is 0 Å². The molecule has 0 aromatic rings. The number of amides is 1. The largest absolute Gasteiger partial charge is 0.342 e. The zero-order chi connectivity index (χ0) is 16.3. The SMILES string of the molecule is CC1(C)CCC(CN2CCC(C(=O)N3CCCCC3)CC2)CC1. The summed E-state index contributed by atoms with van der Waals surface area (Å²) in [6, 6.07) is 0. The van der Waals surface area contributed by atoms with E-state index in [0.717, 1.165) is 44.9 Å². The lowest BCUT2D eigenvalue weighted by atomic mass is 9.73. The average Bonchev–Trinajstić information content (AvgIpc) is 2.58. The summed E-state index contributed by atoms with van der Waals surface area (Å²) >= 11 is 0. The smallest absolute Gasteiger partial charge is 0.225 e. The maximum absolute atomic E-state index is 12.6. The topological polar surface area (TPSA) is 23.6 Å². The Morgan fingerprint density at radius 3 is 2.13 bits per heavy atom. The number of nitrogens with zero attached hydrogens (tertiary/aromatic N) is 2. The normalized spacial score (nSPS) is 28.0. The molecule has 0 spiro atoms. The van der Waals surface area contributed by atoms with Crippen LogP contribution in [0.2, 0.25) is 0 Å². The molecule has 1 saturated carbocycles. The van der Waals surface area contributed by atoms with Crippen molar-refractivity contribution >= 4 is 5.91 Å². The zero-order valence-electron chi connectivity index (χ0n) is 15.4. The molecule has 2 heterocycles. The summed E-state index contributed by atoms with van der Waals surface area (Å²) in [5, 5.41) is 0. The first-order valence-electron chi connectivity index (χ1n) is 10.0. The summed E-state index contributed by atoms with van der Waals surface area (Å²) in [5.41, 5.74) is 0.574. The van der Waals surface area contributed by atoms with Crippen molar-refractivity contribution in [1.82, 2.24) is 9.80 Å². The Hall–Kier alpha value is -0.570. The van der Waals surface area contributed by atoms with Crippen LogP contribution in [0.1, 0.15) is 71.6 Å². The van der Waals surface area contributed by atoms with Gasteiger partial charge in [-0.05, 0) is 82.2 Å². The first-order chi connectivity index (χ1) is 11.0. The summed E-state index contributed by atoms with van der Waals surface area (Å²) in [7, 11) is 0. The molecule has 0 aromatic carbocycles. The minimum Gasteiger partial charge on any atom is -0.342 e. The molecule has 3 rings (SSSR count). The predicted octanol–water partition coefficient (Wildman–Crippen LogP) is 3.93.